The molecule has 0 saturated heterocycles. The Balaban J connectivity index is 2.47. The molecule has 0 fully saturated rings. The van der Waals surface area contributed by atoms with Gasteiger partial charge in [-0.2, -0.15) is 0 Å². The number of nitrogens with one attached hydrogen (secondary N) is 1. The number of benzene rings is 1. The van der Waals surface area contributed by atoms with Crippen LogP contribution in [0.25, 0.3) is 0 Å². The van der Waals surface area contributed by atoms with Gasteiger partial charge in [-0.1, -0.05) is 13.8 Å². The summed E-state index contributed by atoms with van der Waals surface area (Å²) >= 11 is 0. The molecule has 1 aromatic rings. The van der Waals surface area contributed by atoms with E-state index in [-0.39, 0.29) is 24.3 Å². The van der Waals surface area contributed by atoms with Crippen LogP contribution in [-0.2, 0) is 4.79 Å². The molecule has 1 unspecified atom stereocenters. The van der Waals surface area contributed by atoms with Gasteiger partial charge in [-0.15, -0.1) is 0 Å². The average molecular weight is 257 g/mol. The first-order chi connectivity index (χ1) is 8.40. The van der Waals surface area contributed by atoms with Crippen LogP contribution >= 0.6 is 0 Å². The Morgan fingerprint density at radius 2 is 2.00 bits per heavy atom. The summed E-state index contributed by atoms with van der Waals surface area (Å²) in [6.07, 6.45) is 0. The molecule has 1 N–H and O–H groups in total. The van der Waals surface area contributed by atoms with E-state index in [0.29, 0.717) is 12.0 Å². The summed E-state index contributed by atoms with van der Waals surface area (Å²) < 4.78 is 30.8. The summed E-state index contributed by atoms with van der Waals surface area (Å²) in [7, 11) is 0. The van der Waals surface area contributed by atoms with Crippen LogP contribution in [0, 0.1) is 17.6 Å². The maximum Gasteiger partial charge on any atom is 0.258 e. The summed E-state index contributed by atoms with van der Waals surface area (Å²) in [6.45, 7) is 5.54. The number of rotatable bonds is 5. The third kappa shape index (κ3) is 4.31. The largest absolute Gasteiger partial charge is 0.481 e. The fourth-order valence-corrected chi connectivity index (χ4v) is 1.20. The molecule has 0 aliphatic carbocycles. The number of hydrogen-bond acceptors (Lipinski definition) is 2. The van der Waals surface area contributed by atoms with Gasteiger partial charge in [0.2, 0.25) is 0 Å². The Morgan fingerprint density at radius 3 is 2.56 bits per heavy atom. The molecule has 5 heteroatoms. The second-order valence-corrected chi connectivity index (χ2v) is 4.46. The van der Waals surface area contributed by atoms with Crippen molar-refractivity contribution in [3.8, 4) is 5.75 Å². The summed E-state index contributed by atoms with van der Waals surface area (Å²) in [5.74, 6) is -1.67. The first-order valence-electron chi connectivity index (χ1n) is 5.77. The van der Waals surface area contributed by atoms with E-state index in [9.17, 15) is 13.6 Å². The third-order valence-electron chi connectivity index (χ3n) is 2.64. The molecule has 0 saturated carbocycles. The molecule has 100 valence electrons. The van der Waals surface area contributed by atoms with Gasteiger partial charge in [-0.3, -0.25) is 4.79 Å². The third-order valence-corrected chi connectivity index (χ3v) is 2.64. The quantitative estimate of drug-likeness (QED) is 0.880. The number of hydrogen-bond donors (Lipinski definition) is 1. The second-order valence-electron chi connectivity index (χ2n) is 4.46. The molecule has 1 rings (SSSR count). The molecule has 0 spiro atoms. The number of ether oxygens (including phenoxy) is 1. The van der Waals surface area contributed by atoms with Crippen LogP contribution in [0.4, 0.5) is 8.78 Å². The lowest BCUT2D eigenvalue weighted by Crippen LogP contribution is -2.39. The topological polar surface area (TPSA) is 38.3 Å². The molecule has 0 heterocycles. The lowest BCUT2D eigenvalue weighted by Gasteiger charge is -2.17. The molecule has 1 amide bonds. The van der Waals surface area contributed by atoms with Gasteiger partial charge in [0.05, 0.1) is 0 Å². The maximum atomic E-state index is 13.2. The normalized spacial score (nSPS) is 12.3. The predicted molar refractivity (Wildman–Crippen MR) is 64.3 cm³/mol. The Labute approximate surface area is 105 Å². The highest BCUT2D eigenvalue weighted by Gasteiger charge is 2.12. The molecule has 0 aliphatic heterocycles. The van der Waals surface area contributed by atoms with Gasteiger partial charge >= 0.3 is 0 Å². The van der Waals surface area contributed by atoms with Gasteiger partial charge < -0.3 is 10.1 Å². The molecular weight excluding hydrogens is 240 g/mol. The Morgan fingerprint density at radius 1 is 1.33 bits per heavy atom. The smallest absolute Gasteiger partial charge is 0.258 e. The van der Waals surface area contributed by atoms with E-state index in [0.717, 1.165) is 12.1 Å². The van der Waals surface area contributed by atoms with Crippen LogP contribution in [0.5, 0.6) is 5.75 Å². The first-order valence-corrected chi connectivity index (χ1v) is 5.77. The predicted octanol–water partition coefficient (Wildman–Crippen LogP) is 2.50. The zero-order valence-electron chi connectivity index (χ0n) is 10.7. The van der Waals surface area contributed by atoms with E-state index in [1.165, 1.54) is 0 Å². The molecule has 3 nitrogen and oxygen atoms in total. The van der Waals surface area contributed by atoms with Crippen LogP contribution in [0.15, 0.2) is 18.2 Å². The van der Waals surface area contributed by atoms with Crippen molar-refractivity contribution in [2.45, 2.75) is 26.8 Å². The minimum atomic E-state index is -0.820. The molecular formula is C13H17F2NO2. The van der Waals surface area contributed by atoms with Crippen LogP contribution in [0.1, 0.15) is 20.8 Å². The van der Waals surface area contributed by atoms with Crippen molar-refractivity contribution >= 4 is 5.91 Å². The number of carbonyl (C=O) groups is 1. The van der Waals surface area contributed by atoms with Crippen LogP contribution < -0.4 is 10.1 Å². The highest BCUT2D eigenvalue weighted by molar-refractivity contribution is 5.77. The molecule has 0 radical (unpaired) electrons. The Kier molecular flexibility index (Phi) is 5.07. The Bertz CT molecular complexity index is 421. The van der Waals surface area contributed by atoms with Crippen molar-refractivity contribution in [1.82, 2.24) is 5.32 Å². The molecule has 1 aromatic carbocycles. The summed E-state index contributed by atoms with van der Waals surface area (Å²) in [4.78, 5) is 11.5. The van der Waals surface area contributed by atoms with Crippen LogP contribution in [-0.4, -0.2) is 18.6 Å². The highest BCUT2D eigenvalue weighted by Crippen LogP contribution is 2.17. The maximum absolute atomic E-state index is 13.2. The van der Waals surface area contributed by atoms with Crippen molar-refractivity contribution in [3.63, 3.8) is 0 Å². The van der Waals surface area contributed by atoms with E-state index in [1.807, 2.05) is 20.8 Å². The second kappa shape index (κ2) is 6.33. The SMILES string of the molecule is CC(C)C(C)NC(=O)COc1ccc(F)cc1F. The number of carbonyl (C=O) groups excluding carboxylic acids is 1. The van der Waals surface area contributed by atoms with Crippen molar-refractivity contribution in [2.75, 3.05) is 6.61 Å². The summed E-state index contributed by atoms with van der Waals surface area (Å²) in [5.41, 5.74) is 0. The van der Waals surface area contributed by atoms with Gasteiger partial charge in [0.1, 0.15) is 5.82 Å². The van der Waals surface area contributed by atoms with E-state index in [1.54, 1.807) is 0 Å². The molecule has 0 bridgehead atoms. The summed E-state index contributed by atoms with van der Waals surface area (Å²) in [6, 6.07) is 2.96. The minimum Gasteiger partial charge on any atom is -0.481 e. The van der Waals surface area contributed by atoms with Crippen molar-refractivity contribution in [2.24, 2.45) is 5.92 Å². The molecule has 0 aromatic heterocycles. The van der Waals surface area contributed by atoms with Gasteiger partial charge in [0.15, 0.2) is 18.2 Å². The van der Waals surface area contributed by atoms with Crippen molar-refractivity contribution in [1.29, 1.82) is 0 Å². The standard InChI is InChI=1S/C13H17F2NO2/c1-8(2)9(3)16-13(17)7-18-12-5-4-10(14)6-11(12)15/h4-6,8-9H,7H2,1-3H3,(H,16,17). The lowest BCUT2D eigenvalue weighted by molar-refractivity contribution is -0.124. The van der Waals surface area contributed by atoms with Crippen molar-refractivity contribution < 1.29 is 18.3 Å². The highest BCUT2D eigenvalue weighted by atomic mass is 19.1. The van der Waals surface area contributed by atoms with E-state index < -0.39 is 11.6 Å². The fourth-order valence-electron chi connectivity index (χ4n) is 1.20. The van der Waals surface area contributed by atoms with E-state index >= 15 is 0 Å². The fraction of sp³-hybridized carbons (Fsp3) is 0.462. The summed E-state index contributed by atoms with van der Waals surface area (Å²) in [5, 5.41) is 2.72. The molecule has 1 atom stereocenters. The first kappa shape index (κ1) is 14.4. The van der Waals surface area contributed by atoms with Gasteiger partial charge in [0, 0.05) is 12.1 Å². The van der Waals surface area contributed by atoms with Gasteiger partial charge in [-0.05, 0) is 25.0 Å². The van der Waals surface area contributed by atoms with Crippen LogP contribution in [0.2, 0.25) is 0 Å². The number of halogens is 2. The molecule has 18 heavy (non-hydrogen) atoms. The average Bonchev–Trinajstić information content (AvgIpc) is 2.27. The minimum absolute atomic E-state index is 0.0131. The number of amides is 1. The van der Waals surface area contributed by atoms with E-state index in [4.69, 9.17) is 4.74 Å². The van der Waals surface area contributed by atoms with Gasteiger partial charge in [0.25, 0.3) is 5.91 Å². The lowest BCUT2D eigenvalue weighted by atomic mass is 10.1. The van der Waals surface area contributed by atoms with Gasteiger partial charge in [-0.25, -0.2) is 8.78 Å². The monoisotopic (exact) mass is 257 g/mol. The van der Waals surface area contributed by atoms with Crippen LogP contribution in [0.3, 0.4) is 0 Å². The Hall–Kier alpha value is -1.65. The van der Waals surface area contributed by atoms with E-state index in [2.05, 4.69) is 5.32 Å². The molecule has 0 aliphatic rings. The van der Waals surface area contributed by atoms with Crippen molar-refractivity contribution in [3.05, 3.63) is 29.8 Å². The zero-order valence-corrected chi connectivity index (χ0v) is 10.7. The zero-order chi connectivity index (χ0) is 13.7.